The van der Waals surface area contributed by atoms with Crippen molar-refractivity contribution in [3.8, 4) is 0 Å². The van der Waals surface area contributed by atoms with Crippen LogP contribution < -0.4 is 0 Å². The summed E-state index contributed by atoms with van der Waals surface area (Å²) in [4.78, 5) is 13.7. The van der Waals surface area contributed by atoms with Crippen molar-refractivity contribution in [2.24, 2.45) is 5.92 Å². The fourth-order valence-electron chi connectivity index (χ4n) is 5.37. The second kappa shape index (κ2) is 30.7. The van der Waals surface area contributed by atoms with E-state index >= 15 is 0 Å². The number of unbranched alkanes of at least 4 members (excludes halogenated alkanes) is 18. The molecule has 0 rings (SSSR count). The third-order valence-corrected chi connectivity index (χ3v) is 7.91. The molecule has 3 nitrogen and oxygen atoms in total. The van der Waals surface area contributed by atoms with E-state index in [9.17, 15) is 4.79 Å². The van der Waals surface area contributed by atoms with E-state index in [2.05, 4.69) is 38.1 Å². The van der Waals surface area contributed by atoms with E-state index < -0.39 is 0 Å². The second-order valence-electron chi connectivity index (χ2n) is 12.0. The van der Waals surface area contributed by atoms with E-state index in [0.717, 1.165) is 18.8 Å². The fraction of sp³-hybridized carbons (Fsp3) is 0.914. The minimum absolute atomic E-state index is 0.0379. The molecule has 0 spiro atoms. The monoisotopic (exact) mass is 536 g/mol. The van der Waals surface area contributed by atoms with Crippen molar-refractivity contribution in [1.82, 2.24) is 4.90 Å². The Hall–Kier alpha value is -0.830. The number of ether oxygens (including phenoxy) is 1. The number of hydrogen-bond donors (Lipinski definition) is 0. The number of esters is 1. The summed E-state index contributed by atoms with van der Waals surface area (Å²) in [5.74, 6) is 0.920. The predicted molar refractivity (Wildman–Crippen MR) is 169 cm³/mol. The van der Waals surface area contributed by atoms with Crippen LogP contribution >= 0.6 is 0 Å². The highest BCUT2D eigenvalue weighted by Gasteiger charge is 2.09. The van der Waals surface area contributed by atoms with Crippen LogP contribution in [0.4, 0.5) is 0 Å². The van der Waals surface area contributed by atoms with Gasteiger partial charge in [0.15, 0.2) is 0 Å². The molecule has 0 saturated heterocycles. The summed E-state index contributed by atoms with van der Waals surface area (Å²) in [5, 5.41) is 0. The van der Waals surface area contributed by atoms with Gasteiger partial charge < -0.3 is 9.64 Å². The van der Waals surface area contributed by atoms with Gasteiger partial charge in [0.25, 0.3) is 0 Å². The standard InChI is InChI=1S/C35H69NO2/c1-5-7-8-9-23-26-29-34(32-33-36(3)4)30-27-24-21-19-17-15-13-11-10-12-14-16-18-20-22-25-28-31-35(37)38-6-2/h12,14,34H,5-11,13,15-33H2,1-4H3. The van der Waals surface area contributed by atoms with Gasteiger partial charge in [-0.25, -0.2) is 0 Å². The van der Waals surface area contributed by atoms with Crippen molar-refractivity contribution in [3.05, 3.63) is 12.2 Å². The Bertz CT molecular complexity index is 502. The van der Waals surface area contributed by atoms with Crippen LogP contribution in [0.15, 0.2) is 12.2 Å². The molecule has 0 aliphatic rings. The molecule has 0 N–H and O–H groups in total. The number of carbonyl (C=O) groups excluding carboxylic acids is 1. The van der Waals surface area contributed by atoms with E-state index in [4.69, 9.17) is 4.74 Å². The van der Waals surface area contributed by atoms with Crippen LogP contribution in [-0.4, -0.2) is 38.1 Å². The van der Waals surface area contributed by atoms with Gasteiger partial charge in [0.2, 0.25) is 0 Å². The molecule has 0 heterocycles. The summed E-state index contributed by atoms with van der Waals surface area (Å²) < 4.78 is 4.97. The lowest BCUT2D eigenvalue weighted by atomic mass is 9.91. The Labute approximate surface area is 239 Å². The lowest BCUT2D eigenvalue weighted by Gasteiger charge is -2.19. The number of allylic oxidation sites excluding steroid dienone is 2. The van der Waals surface area contributed by atoms with E-state index in [1.54, 1.807) is 0 Å². The van der Waals surface area contributed by atoms with Crippen molar-refractivity contribution in [2.75, 3.05) is 27.2 Å². The predicted octanol–water partition coefficient (Wildman–Crippen LogP) is 11.1. The van der Waals surface area contributed by atoms with Crippen molar-refractivity contribution in [3.63, 3.8) is 0 Å². The van der Waals surface area contributed by atoms with E-state index in [0.29, 0.717) is 13.0 Å². The maximum atomic E-state index is 11.3. The van der Waals surface area contributed by atoms with E-state index in [1.165, 1.54) is 148 Å². The molecule has 0 saturated carbocycles. The average molecular weight is 536 g/mol. The zero-order chi connectivity index (χ0) is 27.9. The molecule has 0 aliphatic heterocycles. The third-order valence-electron chi connectivity index (χ3n) is 7.91. The molecule has 0 radical (unpaired) electrons. The van der Waals surface area contributed by atoms with Gasteiger partial charge in [0.1, 0.15) is 0 Å². The quantitative estimate of drug-likeness (QED) is 0.0520. The Morgan fingerprint density at radius 2 is 1.05 bits per heavy atom. The molecule has 38 heavy (non-hydrogen) atoms. The molecular formula is C35H69NO2. The number of nitrogens with zero attached hydrogens (tertiary/aromatic N) is 1. The molecule has 3 heteroatoms. The molecular weight excluding hydrogens is 466 g/mol. The van der Waals surface area contributed by atoms with Crippen molar-refractivity contribution >= 4 is 5.97 Å². The van der Waals surface area contributed by atoms with Crippen LogP contribution in [0.1, 0.15) is 174 Å². The zero-order valence-electron chi connectivity index (χ0n) is 26.6. The Balaban J connectivity index is 3.50. The largest absolute Gasteiger partial charge is 0.466 e. The van der Waals surface area contributed by atoms with Gasteiger partial charge in [-0.1, -0.05) is 135 Å². The first kappa shape index (κ1) is 37.2. The highest BCUT2D eigenvalue weighted by atomic mass is 16.5. The minimum Gasteiger partial charge on any atom is -0.466 e. The smallest absolute Gasteiger partial charge is 0.305 e. The Morgan fingerprint density at radius 1 is 0.605 bits per heavy atom. The minimum atomic E-state index is -0.0379. The van der Waals surface area contributed by atoms with Gasteiger partial charge in [-0.15, -0.1) is 0 Å². The lowest BCUT2D eigenvalue weighted by Crippen LogP contribution is -2.17. The summed E-state index contributed by atoms with van der Waals surface area (Å²) >= 11 is 0. The molecule has 0 bridgehead atoms. The van der Waals surface area contributed by atoms with Crippen LogP contribution in [-0.2, 0) is 9.53 Å². The third kappa shape index (κ3) is 29.7. The van der Waals surface area contributed by atoms with Gasteiger partial charge in [-0.3, -0.25) is 4.79 Å². The molecule has 0 aromatic heterocycles. The zero-order valence-corrected chi connectivity index (χ0v) is 26.6. The molecule has 0 fully saturated rings. The number of carbonyl (C=O) groups is 1. The van der Waals surface area contributed by atoms with Crippen LogP contribution in [0.25, 0.3) is 0 Å². The average Bonchev–Trinajstić information content (AvgIpc) is 2.90. The van der Waals surface area contributed by atoms with Gasteiger partial charge in [0.05, 0.1) is 6.61 Å². The maximum Gasteiger partial charge on any atom is 0.305 e. The highest BCUT2D eigenvalue weighted by Crippen LogP contribution is 2.22. The Morgan fingerprint density at radius 3 is 1.53 bits per heavy atom. The molecule has 0 aromatic rings. The first-order valence-corrected chi connectivity index (χ1v) is 17.0. The van der Waals surface area contributed by atoms with Crippen LogP contribution in [0.2, 0.25) is 0 Å². The van der Waals surface area contributed by atoms with Crippen molar-refractivity contribution < 1.29 is 9.53 Å². The lowest BCUT2D eigenvalue weighted by molar-refractivity contribution is -0.143. The van der Waals surface area contributed by atoms with E-state index in [1.807, 2.05) is 6.92 Å². The summed E-state index contributed by atoms with van der Waals surface area (Å²) in [7, 11) is 4.44. The number of hydrogen-bond acceptors (Lipinski definition) is 3. The van der Waals surface area contributed by atoms with Gasteiger partial charge in [0, 0.05) is 6.42 Å². The van der Waals surface area contributed by atoms with Gasteiger partial charge in [-0.05, 0) is 72.0 Å². The van der Waals surface area contributed by atoms with E-state index in [-0.39, 0.29) is 5.97 Å². The summed E-state index contributed by atoms with van der Waals surface area (Å²) in [6.45, 7) is 5.94. The first-order chi connectivity index (χ1) is 18.6. The van der Waals surface area contributed by atoms with Crippen LogP contribution in [0.3, 0.4) is 0 Å². The second-order valence-corrected chi connectivity index (χ2v) is 12.0. The topological polar surface area (TPSA) is 29.5 Å². The van der Waals surface area contributed by atoms with Crippen molar-refractivity contribution in [1.29, 1.82) is 0 Å². The molecule has 226 valence electrons. The summed E-state index contributed by atoms with van der Waals surface area (Å²) in [5.41, 5.74) is 0. The van der Waals surface area contributed by atoms with Crippen LogP contribution in [0, 0.1) is 5.92 Å². The summed E-state index contributed by atoms with van der Waals surface area (Å²) in [6, 6.07) is 0. The Kier molecular flexibility index (Phi) is 30.0. The first-order valence-electron chi connectivity index (χ1n) is 17.0. The molecule has 0 aliphatic carbocycles. The normalized spacial score (nSPS) is 12.6. The maximum absolute atomic E-state index is 11.3. The molecule has 0 aromatic carbocycles. The SMILES string of the molecule is CCCCCCCCC(CCCCCCCCCCC=CCCCCCCCC(=O)OCC)CCN(C)C. The highest BCUT2D eigenvalue weighted by molar-refractivity contribution is 5.69. The van der Waals surface area contributed by atoms with Crippen LogP contribution in [0.5, 0.6) is 0 Å². The van der Waals surface area contributed by atoms with Crippen molar-refractivity contribution in [2.45, 2.75) is 174 Å². The molecule has 1 atom stereocenters. The number of rotatable bonds is 30. The molecule has 1 unspecified atom stereocenters. The fourth-order valence-corrected chi connectivity index (χ4v) is 5.37. The molecule has 0 amide bonds. The summed E-state index contributed by atoms with van der Waals surface area (Å²) in [6.07, 6.45) is 38.1. The van der Waals surface area contributed by atoms with Gasteiger partial charge >= 0.3 is 5.97 Å². The van der Waals surface area contributed by atoms with Gasteiger partial charge in [-0.2, -0.15) is 0 Å².